The zero-order chi connectivity index (χ0) is 27.1. The molecule has 0 radical (unpaired) electrons. The zero-order valence-electron chi connectivity index (χ0n) is 21.6. The van der Waals surface area contributed by atoms with Gasteiger partial charge in [-0.3, -0.25) is 4.79 Å². The summed E-state index contributed by atoms with van der Waals surface area (Å²) in [6.45, 7) is 8.18. The third-order valence-corrected chi connectivity index (χ3v) is 6.67. The van der Waals surface area contributed by atoms with E-state index in [2.05, 4.69) is 11.4 Å². The Morgan fingerprint density at radius 3 is 2.76 bits per heavy atom. The van der Waals surface area contributed by atoms with Crippen molar-refractivity contribution >= 4 is 28.7 Å². The number of carbonyl (C=O) groups excluding carboxylic acids is 2. The van der Waals surface area contributed by atoms with E-state index in [1.54, 1.807) is 25.3 Å². The highest BCUT2D eigenvalue weighted by Crippen LogP contribution is 2.43. The molecule has 4 rings (SSSR count). The Labute approximate surface area is 213 Å². The second-order valence-electron chi connectivity index (χ2n) is 10.5. The van der Waals surface area contributed by atoms with E-state index in [-0.39, 0.29) is 47.4 Å². The first kappa shape index (κ1) is 26.3. The number of benzene rings is 1. The average molecular weight is 515 g/mol. The highest BCUT2D eigenvalue weighted by Gasteiger charge is 2.36. The molecule has 0 aliphatic carbocycles. The topological polar surface area (TPSA) is 123 Å². The molecule has 2 aliphatic heterocycles. The molecule has 11 heteroatoms. The Hall–Kier alpha value is -3.81. The summed E-state index contributed by atoms with van der Waals surface area (Å²) >= 11 is 0. The molecule has 1 amide bonds. The van der Waals surface area contributed by atoms with Crippen molar-refractivity contribution < 1.29 is 28.2 Å². The fourth-order valence-electron chi connectivity index (χ4n) is 4.97. The van der Waals surface area contributed by atoms with Gasteiger partial charge in [0.05, 0.1) is 36.5 Å². The summed E-state index contributed by atoms with van der Waals surface area (Å²) in [4.78, 5) is 39.4. The molecule has 37 heavy (non-hydrogen) atoms. The first-order valence-electron chi connectivity index (χ1n) is 12.2. The van der Waals surface area contributed by atoms with Crippen LogP contribution in [0.2, 0.25) is 0 Å². The summed E-state index contributed by atoms with van der Waals surface area (Å²) < 4.78 is 33.4. The van der Waals surface area contributed by atoms with Crippen LogP contribution in [0.3, 0.4) is 0 Å². The summed E-state index contributed by atoms with van der Waals surface area (Å²) in [5.74, 6) is -1.34. The van der Waals surface area contributed by atoms with Crippen molar-refractivity contribution in [2.75, 3.05) is 31.7 Å². The molecule has 10 nitrogen and oxygen atoms in total. The van der Waals surface area contributed by atoms with Crippen molar-refractivity contribution in [1.82, 2.24) is 9.88 Å². The quantitative estimate of drug-likeness (QED) is 0.602. The summed E-state index contributed by atoms with van der Waals surface area (Å²) in [6.07, 6.45) is 1.51. The van der Waals surface area contributed by atoms with Crippen molar-refractivity contribution in [3.05, 3.63) is 33.9 Å². The normalized spacial score (nSPS) is 19.6. The van der Waals surface area contributed by atoms with E-state index in [0.717, 1.165) is 6.07 Å². The van der Waals surface area contributed by atoms with Crippen LogP contribution in [-0.2, 0) is 9.47 Å². The van der Waals surface area contributed by atoms with Crippen LogP contribution in [0.25, 0.3) is 10.9 Å². The molecular weight excluding hydrogens is 483 g/mol. The standard InChI is InChI=1S/C26H31FN4O6/c1-14-13-36-23-20-16(22(32)17(12-31(14)20)24(33)35-5)10-18(27)21(23)30-9-7-15(11-30)19(6-8-28)29-25(34)37-26(2,3)4/h10,12,14-15,19H,6-7,9,11,13H2,1-5H3,(H,29,34)/t14-,15?,19?/m0/s1. The number of esters is 1. The van der Waals surface area contributed by atoms with Crippen molar-refractivity contribution in [1.29, 1.82) is 5.26 Å². The summed E-state index contributed by atoms with van der Waals surface area (Å²) in [6, 6.07) is 2.56. The predicted molar refractivity (Wildman–Crippen MR) is 133 cm³/mol. The van der Waals surface area contributed by atoms with Gasteiger partial charge in [-0.2, -0.15) is 5.26 Å². The van der Waals surface area contributed by atoms with E-state index in [0.29, 0.717) is 25.0 Å². The molecule has 198 valence electrons. The summed E-state index contributed by atoms with van der Waals surface area (Å²) in [7, 11) is 1.19. The summed E-state index contributed by atoms with van der Waals surface area (Å²) in [5, 5.41) is 12.2. The number of hydrogen-bond donors (Lipinski definition) is 1. The molecule has 2 unspecified atom stereocenters. The first-order valence-corrected chi connectivity index (χ1v) is 12.2. The minimum absolute atomic E-state index is 0.0374. The number of ether oxygens (including phenoxy) is 3. The van der Waals surface area contributed by atoms with Gasteiger partial charge < -0.3 is 29.0 Å². The molecule has 1 N–H and O–H groups in total. The zero-order valence-corrected chi connectivity index (χ0v) is 21.6. The van der Waals surface area contributed by atoms with Gasteiger partial charge >= 0.3 is 12.1 Å². The number of methoxy groups -OCH3 is 1. The Balaban J connectivity index is 1.70. The van der Waals surface area contributed by atoms with Crippen LogP contribution in [0.5, 0.6) is 5.75 Å². The number of hydrogen-bond acceptors (Lipinski definition) is 8. The van der Waals surface area contributed by atoms with Gasteiger partial charge in [0.15, 0.2) is 11.6 Å². The van der Waals surface area contributed by atoms with E-state index in [9.17, 15) is 19.6 Å². The Kier molecular flexibility index (Phi) is 7.04. The molecule has 0 spiro atoms. The van der Waals surface area contributed by atoms with Crippen molar-refractivity contribution in [3.63, 3.8) is 0 Å². The Bertz CT molecular complexity index is 1340. The SMILES string of the molecule is COC(=O)c1cn2c3c(c(N4CCC(C(CC#N)NC(=O)OC(C)(C)C)C4)c(F)cc3c1=O)OC[C@@H]2C. The third-order valence-electron chi connectivity index (χ3n) is 6.67. The van der Waals surface area contributed by atoms with E-state index in [1.807, 2.05) is 11.8 Å². The second kappa shape index (κ2) is 9.92. The fraction of sp³-hybridized carbons (Fsp3) is 0.538. The molecule has 2 aromatic rings. The van der Waals surface area contributed by atoms with Crippen LogP contribution in [0.4, 0.5) is 14.9 Å². The smallest absolute Gasteiger partial charge is 0.407 e. The van der Waals surface area contributed by atoms with Gasteiger partial charge in [-0.15, -0.1) is 0 Å². The minimum atomic E-state index is -0.788. The van der Waals surface area contributed by atoms with Gasteiger partial charge in [0.1, 0.15) is 23.5 Å². The first-order chi connectivity index (χ1) is 17.4. The number of halogens is 1. The van der Waals surface area contributed by atoms with Gasteiger partial charge in [0.2, 0.25) is 5.43 Å². The lowest BCUT2D eigenvalue weighted by atomic mass is 9.96. The lowest BCUT2D eigenvalue weighted by Crippen LogP contribution is -2.43. The Morgan fingerprint density at radius 1 is 1.38 bits per heavy atom. The maximum absolute atomic E-state index is 15.6. The largest absolute Gasteiger partial charge is 0.487 e. The number of nitriles is 1. The number of anilines is 1. The van der Waals surface area contributed by atoms with Gasteiger partial charge in [-0.25, -0.2) is 14.0 Å². The number of carbonyl (C=O) groups is 2. The lowest BCUT2D eigenvalue weighted by Gasteiger charge is -2.31. The number of alkyl carbamates (subject to hydrolysis) is 1. The summed E-state index contributed by atoms with van der Waals surface area (Å²) in [5.41, 5.74) is -0.851. The van der Waals surface area contributed by atoms with Crippen LogP contribution >= 0.6 is 0 Å². The Morgan fingerprint density at radius 2 is 2.11 bits per heavy atom. The second-order valence-corrected chi connectivity index (χ2v) is 10.5. The number of amides is 1. The molecule has 1 saturated heterocycles. The van der Waals surface area contributed by atoms with Crippen molar-refractivity contribution in [2.45, 2.75) is 58.2 Å². The monoisotopic (exact) mass is 514 g/mol. The molecular formula is C26H31FN4O6. The lowest BCUT2D eigenvalue weighted by molar-refractivity contribution is 0.0489. The molecule has 1 fully saturated rings. The molecule has 1 aromatic heterocycles. The van der Waals surface area contributed by atoms with Gasteiger partial charge in [-0.05, 0) is 46.1 Å². The van der Waals surface area contributed by atoms with Crippen molar-refractivity contribution in [2.24, 2.45) is 5.92 Å². The fourth-order valence-corrected chi connectivity index (χ4v) is 4.97. The van der Waals surface area contributed by atoms with Crippen LogP contribution in [0.1, 0.15) is 56.9 Å². The molecule has 3 atom stereocenters. The van der Waals surface area contributed by atoms with Crippen LogP contribution in [0, 0.1) is 23.1 Å². The molecule has 0 bridgehead atoms. The number of nitrogens with zero attached hydrogens (tertiary/aromatic N) is 3. The predicted octanol–water partition coefficient (Wildman–Crippen LogP) is 3.51. The average Bonchev–Trinajstić information content (AvgIpc) is 3.30. The van der Waals surface area contributed by atoms with E-state index in [4.69, 9.17) is 14.2 Å². The number of pyridine rings is 1. The van der Waals surface area contributed by atoms with E-state index >= 15 is 4.39 Å². The van der Waals surface area contributed by atoms with Crippen LogP contribution < -0.4 is 20.4 Å². The number of nitrogens with one attached hydrogen (secondary N) is 1. The number of rotatable bonds is 5. The maximum Gasteiger partial charge on any atom is 0.407 e. The molecule has 3 heterocycles. The maximum atomic E-state index is 15.6. The molecule has 2 aliphatic rings. The van der Waals surface area contributed by atoms with Crippen molar-refractivity contribution in [3.8, 4) is 11.8 Å². The number of aromatic nitrogens is 1. The van der Waals surface area contributed by atoms with Gasteiger partial charge in [-0.1, -0.05) is 0 Å². The van der Waals surface area contributed by atoms with Crippen LogP contribution in [0.15, 0.2) is 17.1 Å². The third kappa shape index (κ3) is 5.05. The van der Waals surface area contributed by atoms with E-state index in [1.165, 1.54) is 13.3 Å². The van der Waals surface area contributed by atoms with E-state index < -0.39 is 35.0 Å². The van der Waals surface area contributed by atoms with Gasteiger partial charge in [0, 0.05) is 25.3 Å². The molecule has 0 saturated carbocycles. The molecule has 1 aromatic carbocycles. The van der Waals surface area contributed by atoms with Crippen LogP contribution in [-0.4, -0.2) is 55.1 Å². The minimum Gasteiger partial charge on any atom is -0.487 e. The highest BCUT2D eigenvalue weighted by atomic mass is 19.1. The van der Waals surface area contributed by atoms with Gasteiger partial charge in [0.25, 0.3) is 0 Å². The highest BCUT2D eigenvalue weighted by molar-refractivity contribution is 5.98.